The first kappa shape index (κ1) is 15.7. The number of thiazole rings is 1. The average Bonchev–Trinajstić information content (AvgIpc) is 3.01. The van der Waals surface area contributed by atoms with Gasteiger partial charge in [0.05, 0.1) is 17.2 Å². The van der Waals surface area contributed by atoms with Crippen LogP contribution in [0.1, 0.15) is 19.4 Å². The fourth-order valence-corrected chi connectivity index (χ4v) is 3.45. The lowest BCUT2D eigenvalue weighted by Gasteiger charge is -2.13. The Kier molecular flexibility index (Phi) is 3.95. The average molecular weight is 330 g/mol. The monoisotopic (exact) mass is 330 g/mol. The number of hydrogen-bond donors (Lipinski definition) is 2. The van der Waals surface area contributed by atoms with Crippen LogP contribution in [0.5, 0.6) is 5.75 Å². The Labute approximate surface area is 137 Å². The second-order valence-electron chi connectivity index (χ2n) is 5.95. The number of aromatic nitrogens is 1. The summed E-state index contributed by atoms with van der Waals surface area (Å²) in [6, 6.07) is 7.46. The van der Waals surface area contributed by atoms with Gasteiger partial charge in [0.2, 0.25) is 0 Å². The van der Waals surface area contributed by atoms with Crippen molar-refractivity contribution in [3.8, 4) is 5.75 Å². The minimum atomic E-state index is -0.573. The molecular formula is C17H18N2O3S. The number of nitrogens with one attached hydrogen (secondary N) is 2. The Balaban J connectivity index is 2.07. The lowest BCUT2D eigenvalue weighted by atomic mass is 10.00. The minimum absolute atomic E-state index is 0.0333. The summed E-state index contributed by atoms with van der Waals surface area (Å²) in [7, 11) is 1.61. The fraction of sp³-hybridized carbons (Fsp3) is 0.294. The van der Waals surface area contributed by atoms with Crippen LogP contribution in [-0.4, -0.2) is 30.0 Å². The first-order valence-corrected chi connectivity index (χ1v) is 8.10. The first-order chi connectivity index (χ1) is 10.9. The van der Waals surface area contributed by atoms with E-state index >= 15 is 0 Å². The van der Waals surface area contributed by atoms with Crippen LogP contribution in [0.3, 0.4) is 0 Å². The number of rotatable bonds is 2. The molecule has 5 nitrogen and oxygen atoms in total. The third kappa shape index (κ3) is 3.00. The largest absolute Gasteiger partial charge is 0.497 e. The minimum Gasteiger partial charge on any atom is -0.497 e. The van der Waals surface area contributed by atoms with Crippen LogP contribution in [-0.2, 0) is 4.79 Å². The summed E-state index contributed by atoms with van der Waals surface area (Å²) in [5.41, 5.74) is 0.805. The van der Waals surface area contributed by atoms with E-state index in [-0.39, 0.29) is 11.3 Å². The number of Topliss-reactive ketones (excluding diaryl/α,β-unsaturated/α-hetero) is 1. The summed E-state index contributed by atoms with van der Waals surface area (Å²) in [4.78, 5) is 27.3. The van der Waals surface area contributed by atoms with Crippen molar-refractivity contribution in [1.29, 1.82) is 0 Å². The molecule has 0 saturated carbocycles. The number of aromatic amines is 1. The van der Waals surface area contributed by atoms with E-state index in [4.69, 9.17) is 4.74 Å². The van der Waals surface area contributed by atoms with Gasteiger partial charge < -0.3 is 15.0 Å². The number of carbonyl (C=O) groups excluding carboxylic acids is 1. The molecular weight excluding hydrogens is 312 g/mol. The van der Waals surface area contributed by atoms with Gasteiger partial charge in [0.1, 0.15) is 10.4 Å². The number of ketones is 1. The third-order valence-electron chi connectivity index (χ3n) is 3.90. The summed E-state index contributed by atoms with van der Waals surface area (Å²) in [5, 5.41) is 3.16. The molecule has 6 heteroatoms. The zero-order valence-corrected chi connectivity index (χ0v) is 14.0. The topological polar surface area (TPSA) is 71.2 Å². The van der Waals surface area contributed by atoms with Crippen LogP contribution < -0.4 is 24.8 Å². The zero-order valence-electron chi connectivity index (χ0n) is 13.2. The number of hydrogen-bond acceptors (Lipinski definition) is 5. The molecule has 3 rings (SSSR count). The van der Waals surface area contributed by atoms with Gasteiger partial charge in [-0.1, -0.05) is 12.1 Å². The van der Waals surface area contributed by atoms with Crippen molar-refractivity contribution in [3.63, 3.8) is 0 Å². The predicted molar refractivity (Wildman–Crippen MR) is 91.2 cm³/mol. The lowest BCUT2D eigenvalue weighted by Crippen LogP contribution is -2.38. The van der Waals surface area contributed by atoms with Gasteiger partial charge in [0.15, 0.2) is 5.78 Å². The maximum absolute atomic E-state index is 12.3. The Bertz CT molecular complexity index is 920. The first-order valence-electron chi connectivity index (χ1n) is 7.28. The smallest absolute Gasteiger partial charge is 0.266 e. The molecule has 1 saturated heterocycles. The molecule has 1 aromatic carbocycles. The SMILES string of the molecule is COc1ccc(/C=c2\s/c(=C3\CNC(C)(C)C3=O)[nH]c2=O)cc1. The van der Waals surface area contributed by atoms with Gasteiger partial charge in [-0.2, -0.15) is 0 Å². The van der Waals surface area contributed by atoms with Crippen molar-refractivity contribution in [3.05, 3.63) is 49.4 Å². The zero-order chi connectivity index (χ0) is 16.6. The molecule has 1 aromatic heterocycles. The maximum atomic E-state index is 12.3. The summed E-state index contributed by atoms with van der Waals surface area (Å²) in [5.74, 6) is 0.800. The van der Waals surface area contributed by atoms with E-state index < -0.39 is 5.54 Å². The van der Waals surface area contributed by atoms with Gasteiger partial charge in [-0.05, 0) is 37.6 Å². The summed E-state index contributed by atoms with van der Waals surface area (Å²) >= 11 is 1.31. The Morgan fingerprint density at radius 3 is 2.48 bits per heavy atom. The Hall–Kier alpha value is -2.18. The highest BCUT2D eigenvalue weighted by Gasteiger charge is 2.36. The van der Waals surface area contributed by atoms with Crippen molar-refractivity contribution in [2.75, 3.05) is 13.7 Å². The number of methoxy groups -OCH3 is 1. The maximum Gasteiger partial charge on any atom is 0.266 e. The van der Waals surface area contributed by atoms with Crippen molar-refractivity contribution in [1.82, 2.24) is 10.3 Å². The summed E-state index contributed by atoms with van der Waals surface area (Å²) < 4.78 is 6.33. The molecule has 0 aliphatic carbocycles. The summed E-state index contributed by atoms with van der Waals surface area (Å²) in [6.45, 7) is 4.17. The lowest BCUT2D eigenvalue weighted by molar-refractivity contribution is -0.117. The summed E-state index contributed by atoms with van der Waals surface area (Å²) in [6.07, 6.45) is 1.81. The molecule has 0 atom stereocenters. The van der Waals surface area contributed by atoms with Crippen LogP contribution in [0, 0.1) is 0 Å². The Morgan fingerprint density at radius 2 is 1.91 bits per heavy atom. The number of H-pyrrole nitrogens is 1. The van der Waals surface area contributed by atoms with E-state index in [1.165, 1.54) is 11.3 Å². The molecule has 0 unspecified atom stereocenters. The van der Waals surface area contributed by atoms with E-state index in [0.717, 1.165) is 11.3 Å². The van der Waals surface area contributed by atoms with Gasteiger partial charge in [0, 0.05) is 12.1 Å². The van der Waals surface area contributed by atoms with E-state index in [1.807, 2.05) is 44.2 Å². The fourth-order valence-electron chi connectivity index (χ4n) is 2.46. The highest BCUT2D eigenvalue weighted by atomic mass is 32.1. The quantitative estimate of drug-likeness (QED) is 0.835. The predicted octanol–water partition coefficient (Wildman–Crippen LogP) is 0.375. The van der Waals surface area contributed by atoms with Gasteiger partial charge in [-0.25, -0.2) is 0 Å². The molecule has 1 aliphatic rings. The number of ether oxygens (including phenoxy) is 1. The molecule has 0 radical (unpaired) electrons. The molecule has 0 spiro atoms. The van der Waals surface area contributed by atoms with E-state index in [1.54, 1.807) is 7.11 Å². The molecule has 120 valence electrons. The molecule has 1 aliphatic heterocycles. The molecule has 23 heavy (non-hydrogen) atoms. The molecule has 2 N–H and O–H groups in total. The number of carbonyl (C=O) groups is 1. The van der Waals surface area contributed by atoms with Gasteiger partial charge in [0.25, 0.3) is 5.56 Å². The van der Waals surface area contributed by atoms with Crippen LogP contribution in [0.2, 0.25) is 0 Å². The van der Waals surface area contributed by atoms with Crippen LogP contribution >= 0.6 is 11.3 Å². The van der Waals surface area contributed by atoms with Crippen molar-refractivity contribution in [2.24, 2.45) is 0 Å². The van der Waals surface area contributed by atoms with E-state index in [9.17, 15) is 9.59 Å². The molecule has 2 heterocycles. The number of benzene rings is 1. The van der Waals surface area contributed by atoms with Crippen LogP contribution in [0.4, 0.5) is 0 Å². The van der Waals surface area contributed by atoms with Crippen LogP contribution in [0.25, 0.3) is 11.6 Å². The van der Waals surface area contributed by atoms with Crippen LogP contribution in [0.15, 0.2) is 29.1 Å². The third-order valence-corrected chi connectivity index (χ3v) is 4.98. The van der Waals surface area contributed by atoms with E-state index in [2.05, 4.69) is 10.3 Å². The molecule has 2 aromatic rings. The van der Waals surface area contributed by atoms with Crippen molar-refractivity contribution >= 4 is 28.8 Å². The van der Waals surface area contributed by atoms with Gasteiger partial charge in [-0.15, -0.1) is 11.3 Å². The standard InChI is InChI=1S/C17H18N2O3S/c1-17(2)14(20)12(9-18-17)16-19-15(21)13(23-16)8-10-4-6-11(22-3)7-5-10/h4-8,18H,9H2,1-3H3,(H,19,21)/b13-8-,16-12+. The highest BCUT2D eigenvalue weighted by Crippen LogP contribution is 2.18. The normalized spacial score (nSPS) is 20.1. The molecule has 1 fully saturated rings. The van der Waals surface area contributed by atoms with E-state index in [0.29, 0.717) is 21.3 Å². The molecule has 0 amide bonds. The van der Waals surface area contributed by atoms with Gasteiger partial charge >= 0.3 is 0 Å². The van der Waals surface area contributed by atoms with Crippen molar-refractivity contribution < 1.29 is 9.53 Å². The second-order valence-corrected chi connectivity index (χ2v) is 7.01. The molecule has 0 bridgehead atoms. The van der Waals surface area contributed by atoms with Gasteiger partial charge in [-0.3, -0.25) is 9.59 Å². The Morgan fingerprint density at radius 1 is 1.22 bits per heavy atom. The second kappa shape index (κ2) is 5.79. The highest BCUT2D eigenvalue weighted by molar-refractivity contribution is 7.07. The van der Waals surface area contributed by atoms with Crippen molar-refractivity contribution in [2.45, 2.75) is 19.4 Å².